The van der Waals surface area contributed by atoms with Crippen molar-refractivity contribution in [3.8, 4) is 0 Å². The van der Waals surface area contributed by atoms with Gasteiger partial charge in [0.05, 0.1) is 42.9 Å². The molecule has 3 aromatic rings. The normalized spacial score (nSPS) is 11.3. The van der Waals surface area contributed by atoms with E-state index in [1.54, 1.807) is 25.2 Å². The van der Waals surface area contributed by atoms with Crippen LogP contribution >= 0.6 is 23.5 Å². The van der Waals surface area contributed by atoms with Gasteiger partial charge in [-0.25, -0.2) is 4.98 Å². The Balaban J connectivity index is 1.54. The van der Waals surface area contributed by atoms with Gasteiger partial charge in [0.2, 0.25) is 0 Å². The van der Waals surface area contributed by atoms with Crippen LogP contribution in [0.1, 0.15) is 11.3 Å². The molecule has 0 bridgehead atoms. The summed E-state index contributed by atoms with van der Waals surface area (Å²) in [7, 11) is 1.69. The summed E-state index contributed by atoms with van der Waals surface area (Å²) in [6.07, 6.45) is 3.62. The minimum absolute atomic E-state index is 0.644. The second-order valence-corrected chi connectivity index (χ2v) is 7.89. The molecule has 0 unspecified atom stereocenters. The van der Waals surface area contributed by atoms with E-state index >= 15 is 0 Å². The van der Waals surface area contributed by atoms with Gasteiger partial charge in [-0.05, 0) is 36.8 Å². The lowest BCUT2D eigenvalue weighted by atomic mass is 10.2. The average Bonchev–Trinajstić information content (AvgIpc) is 3.12. The van der Waals surface area contributed by atoms with Crippen LogP contribution in [-0.2, 0) is 15.2 Å². The summed E-state index contributed by atoms with van der Waals surface area (Å²) in [6, 6.07) is 8.38. The number of ether oxygens (including phenoxy) is 2. The molecule has 1 N–H and O–H groups in total. The predicted molar refractivity (Wildman–Crippen MR) is 108 cm³/mol. The lowest BCUT2D eigenvalue weighted by Gasteiger charge is -2.10. The van der Waals surface area contributed by atoms with Gasteiger partial charge < -0.3 is 14.5 Å². The van der Waals surface area contributed by atoms with E-state index in [-0.39, 0.29) is 0 Å². The van der Waals surface area contributed by atoms with Gasteiger partial charge >= 0.3 is 0 Å². The zero-order valence-corrected chi connectivity index (χ0v) is 16.7. The van der Waals surface area contributed by atoms with E-state index in [0.717, 1.165) is 34.8 Å². The summed E-state index contributed by atoms with van der Waals surface area (Å²) < 4.78 is 10.5. The molecule has 1 aromatic carbocycles. The van der Waals surface area contributed by atoms with Gasteiger partial charge in [0, 0.05) is 34.6 Å². The number of fused-ring (bicyclic) bond motifs is 1. The Labute approximate surface area is 162 Å². The molecule has 3 rings (SSSR count). The van der Waals surface area contributed by atoms with Crippen LogP contribution in [-0.4, -0.2) is 47.6 Å². The van der Waals surface area contributed by atoms with Gasteiger partial charge in [-0.15, -0.1) is 23.5 Å². The van der Waals surface area contributed by atoms with Crippen LogP contribution in [0.25, 0.3) is 11.0 Å². The Kier molecular flexibility index (Phi) is 7.37. The quantitative estimate of drug-likeness (QED) is 0.412. The maximum Gasteiger partial charge on any atom is 0.0931 e. The third-order valence-electron chi connectivity index (χ3n) is 3.94. The molecule has 0 aliphatic heterocycles. The van der Waals surface area contributed by atoms with E-state index in [1.807, 2.05) is 24.0 Å². The standard InChI is InChI=1S/C19H23N3O2S2/c1-14-18(12-26-15-3-4-16-17(11-15)22-13-21-16)20-6-5-19(14)25-10-9-24-8-7-23-2/h3-6,11,13H,7-10,12H2,1-2H3,(H,21,22). The van der Waals surface area contributed by atoms with Gasteiger partial charge in [-0.2, -0.15) is 0 Å². The monoisotopic (exact) mass is 389 g/mol. The molecule has 0 atom stereocenters. The van der Waals surface area contributed by atoms with Gasteiger partial charge in [0.1, 0.15) is 0 Å². The van der Waals surface area contributed by atoms with E-state index in [4.69, 9.17) is 9.47 Å². The topological polar surface area (TPSA) is 60.0 Å². The molecule has 2 aromatic heterocycles. The number of aromatic nitrogens is 3. The number of hydrogen-bond donors (Lipinski definition) is 1. The molecule has 0 radical (unpaired) electrons. The smallest absolute Gasteiger partial charge is 0.0931 e. The molecule has 0 saturated carbocycles. The SMILES string of the molecule is COCCOCCSc1ccnc(CSc2ccc3nc[nH]c3c2)c1C. The Morgan fingerprint density at radius 2 is 2.00 bits per heavy atom. The summed E-state index contributed by atoms with van der Waals surface area (Å²) in [5.41, 5.74) is 4.45. The second kappa shape index (κ2) is 9.97. The predicted octanol–water partition coefficient (Wildman–Crippen LogP) is 4.31. The van der Waals surface area contributed by atoms with Gasteiger partial charge in [0.15, 0.2) is 0 Å². The number of benzene rings is 1. The third kappa shape index (κ3) is 5.23. The summed E-state index contributed by atoms with van der Waals surface area (Å²) >= 11 is 3.61. The molecule has 5 nitrogen and oxygen atoms in total. The van der Waals surface area contributed by atoms with E-state index < -0.39 is 0 Å². The van der Waals surface area contributed by atoms with Crippen molar-refractivity contribution in [1.29, 1.82) is 0 Å². The number of pyridine rings is 1. The van der Waals surface area contributed by atoms with Crippen LogP contribution in [0.5, 0.6) is 0 Å². The highest BCUT2D eigenvalue weighted by Crippen LogP contribution is 2.29. The first kappa shape index (κ1) is 19.2. The van der Waals surface area contributed by atoms with Gasteiger partial charge in [0.25, 0.3) is 0 Å². The van der Waals surface area contributed by atoms with Crippen molar-refractivity contribution in [2.75, 3.05) is 32.7 Å². The molecule has 0 amide bonds. The van der Waals surface area contributed by atoms with Crippen molar-refractivity contribution in [3.05, 3.63) is 48.0 Å². The van der Waals surface area contributed by atoms with Crippen molar-refractivity contribution in [2.24, 2.45) is 0 Å². The van der Waals surface area contributed by atoms with Crippen molar-refractivity contribution < 1.29 is 9.47 Å². The molecule has 0 aliphatic rings. The molecule has 0 spiro atoms. The van der Waals surface area contributed by atoms with Gasteiger partial charge in [-0.1, -0.05) is 0 Å². The van der Waals surface area contributed by atoms with Crippen LogP contribution in [0.3, 0.4) is 0 Å². The summed E-state index contributed by atoms with van der Waals surface area (Å²) in [4.78, 5) is 14.5. The lowest BCUT2D eigenvalue weighted by Crippen LogP contribution is -2.04. The van der Waals surface area contributed by atoms with E-state index in [1.165, 1.54) is 15.4 Å². The van der Waals surface area contributed by atoms with E-state index in [2.05, 4.69) is 40.1 Å². The maximum absolute atomic E-state index is 5.53. The fraction of sp³-hybridized carbons (Fsp3) is 0.368. The highest BCUT2D eigenvalue weighted by molar-refractivity contribution is 7.99. The third-order valence-corrected chi connectivity index (χ3v) is 6.07. The molecule has 7 heteroatoms. The summed E-state index contributed by atoms with van der Waals surface area (Å²) in [5, 5.41) is 0. The number of imidazole rings is 1. The maximum atomic E-state index is 5.53. The molecule has 0 fully saturated rings. The Morgan fingerprint density at radius 1 is 1.08 bits per heavy atom. The summed E-state index contributed by atoms with van der Waals surface area (Å²) in [5.74, 6) is 1.78. The highest BCUT2D eigenvalue weighted by atomic mass is 32.2. The van der Waals surface area contributed by atoms with Crippen LogP contribution < -0.4 is 0 Å². The molecule has 0 aliphatic carbocycles. The van der Waals surface area contributed by atoms with Crippen molar-refractivity contribution >= 4 is 34.6 Å². The fourth-order valence-corrected chi connectivity index (χ4v) is 4.34. The number of thioether (sulfide) groups is 2. The zero-order valence-electron chi connectivity index (χ0n) is 15.0. The van der Waals surface area contributed by atoms with Crippen molar-refractivity contribution in [3.63, 3.8) is 0 Å². The molecular formula is C19H23N3O2S2. The zero-order chi connectivity index (χ0) is 18.2. The number of aromatic amines is 1. The number of hydrogen-bond acceptors (Lipinski definition) is 6. The fourth-order valence-electron chi connectivity index (χ4n) is 2.47. The van der Waals surface area contributed by atoms with Crippen LogP contribution in [0, 0.1) is 6.92 Å². The molecular weight excluding hydrogens is 366 g/mol. The Hall–Kier alpha value is -1.54. The van der Waals surface area contributed by atoms with E-state index in [9.17, 15) is 0 Å². The first-order chi connectivity index (χ1) is 12.8. The Morgan fingerprint density at radius 3 is 2.88 bits per heavy atom. The minimum Gasteiger partial charge on any atom is -0.382 e. The van der Waals surface area contributed by atoms with E-state index in [0.29, 0.717) is 13.2 Å². The number of H-pyrrole nitrogens is 1. The number of methoxy groups -OCH3 is 1. The Bertz CT molecular complexity index is 839. The van der Waals surface area contributed by atoms with Gasteiger partial charge in [-0.3, -0.25) is 4.98 Å². The second-order valence-electron chi connectivity index (χ2n) is 5.70. The van der Waals surface area contributed by atoms with Crippen molar-refractivity contribution in [1.82, 2.24) is 15.0 Å². The van der Waals surface area contributed by atoms with Crippen LogP contribution in [0.15, 0.2) is 46.6 Å². The van der Waals surface area contributed by atoms with Crippen LogP contribution in [0.4, 0.5) is 0 Å². The number of nitrogens with one attached hydrogen (secondary N) is 1. The highest BCUT2D eigenvalue weighted by Gasteiger charge is 2.08. The first-order valence-corrected chi connectivity index (χ1v) is 10.4. The number of rotatable bonds is 10. The van der Waals surface area contributed by atoms with Crippen LogP contribution in [0.2, 0.25) is 0 Å². The lowest BCUT2D eigenvalue weighted by molar-refractivity contribution is 0.0790. The average molecular weight is 390 g/mol. The largest absolute Gasteiger partial charge is 0.382 e. The summed E-state index contributed by atoms with van der Waals surface area (Å²) in [6.45, 7) is 4.17. The molecule has 2 heterocycles. The first-order valence-electron chi connectivity index (χ1n) is 8.48. The minimum atomic E-state index is 0.644. The number of nitrogens with zero attached hydrogens (tertiary/aromatic N) is 2. The molecule has 138 valence electrons. The molecule has 26 heavy (non-hydrogen) atoms. The van der Waals surface area contributed by atoms with Crippen molar-refractivity contribution in [2.45, 2.75) is 22.5 Å². The molecule has 0 saturated heterocycles.